The highest BCUT2D eigenvalue weighted by Crippen LogP contribution is 1.94. The number of nitrogens with two attached hydrogens (primary N) is 1. The van der Waals surface area contributed by atoms with E-state index in [1.54, 1.807) is 0 Å². The van der Waals surface area contributed by atoms with Gasteiger partial charge in [0, 0.05) is 30.9 Å². The maximum atomic E-state index is 5.66. The van der Waals surface area contributed by atoms with Crippen LogP contribution in [0.2, 0.25) is 0 Å². The van der Waals surface area contributed by atoms with Gasteiger partial charge in [-0.1, -0.05) is 6.07 Å². The predicted molar refractivity (Wildman–Crippen MR) is 63.7 cm³/mol. The van der Waals surface area contributed by atoms with Crippen LogP contribution in [0.5, 0.6) is 0 Å². The minimum atomic E-state index is 0.322. The molecule has 0 aliphatic carbocycles. The Morgan fingerprint density at radius 1 is 1.40 bits per heavy atom. The van der Waals surface area contributed by atoms with E-state index in [2.05, 4.69) is 16.4 Å². The average molecular weight is 207 g/mol. The second-order valence-corrected chi connectivity index (χ2v) is 3.94. The van der Waals surface area contributed by atoms with Gasteiger partial charge in [-0.25, -0.2) is 0 Å². The molecule has 1 rings (SSSR count). The highest BCUT2D eigenvalue weighted by atomic mass is 14.8. The zero-order valence-corrected chi connectivity index (χ0v) is 9.45. The van der Waals surface area contributed by atoms with Crippen molar-refractivity contribution in [1.29, 1.82) is 0 Å². The van der Waals surface area contributed by atoms with Crippen LogP contribution in [0.1, 0.15) is 25.5 Å². The summed E-state index contributed by atoms with van der Waals surface area (Å²) in [6.07, 6.45) is 5.08. The molecule has 15 heavy (non-hydrogen) atoms. The molecular formula is C12H21N3. The van der Waals surface area contributed by atoms with Crippen LogP contribution < -0.4 is 11.1 Å². The molecule has 84 valence electrons. The predicted octanol–water partition coefficient (Wildman–Crippen LogP) is 1.34. The van der Waals surface area contributed by atoms with Gasteiger partial charge in [-0.05, 0) is 38.4 Å². The number of nitrogens with one attached hydrogen (secondary N) is 1. The molecule has 1 unspecified atom stereocenters. The van der Waals surface area contributed by atoms with Crippen LogP contribution >= 0.6 is 0 Å². The standard InChI is InChI=1S/C12H21N3/c1-11(13)5-4-8-14-10-7-12-6-2-3-9-15-12/h2-3,6,9,11,14H,4-5,7-8,10,13H2,1H3. The molecule has 0 aliphatic rings. The van der Waals surface area contributed by atoms with Gasteiger partial charge in [-0.3, -0.25) is 4.98 Å². The zero-order valence-electron chi connectivity index (χ0n) is 9.45. The van der Waals surface area contributed by atoms with E-state index >= 15 is 0 Å². The van der Waals surface area contributed by atoms with E-state index in [4.69, 9.17) is 5.73 Å². The number of hydrogen-bond donors (Lipinski definition) is 2. The SMILES string of the molecule is CC(N)CCCNCCc1ccccn1. The molecule has 1 atom stereocenters. The second kappa shape index (κ2) is 7.37. The van der Waals surface area contributed by atoms with Crippen molar-refractivity contribution < 1.29 is 0 Å². The Bertz CT molecular complexity index is 246. The summed E-state index contributed by atoms with van der Waals surface area (Å²) in [6.45, 7) is 4.10. The molecule has 3 heteroatoms. The Balaban J connectivity index is 1.98. The van der Waals surface area contributed by atoms with Gasteiger partial charge in [-0.15, -0.1) is 0 Å². The summed E-state index contributed by atoms with van der Waals surface area (Å²) in [7, 11) is 0. The van der Waals surface area contributed by atoms with E-state index in [1.165, 1.54) is 0 Å². The van der Waals surface area contributed by atoms with Gasteiger partial charge in [0.25, 0.3) is 0 Å². The Morgan fingerprint density at radius 2 is 2.27 bits per heavy atom. The molecule has 3 nitrogen and oxygen atoms in total. The molecule has 0 radical (unpaired) electrons. The first-order valence-electron chi connectivity index (χ1n) is 5.65. The molecule has 0 aromatic carbocycles. The highest BCUT2D eigenvalue weighted by molar-refractivity contribution is 5.03. The van der Waals surface area contributed by atoms with E-state index in [0.717, 1.165) is 38.0 Å². The van der Waals surface area contributed by atoms with Crippen LogP contribution in [-0.2, 0) is 6.42 Å². The molecule has 0 saturated heterocycles. The number of rotatable bonds is 7. The Kier molecular flexibility index (Phi) is 5.97. The molecule has 0 saturated carbocycles. The molecule has 1 aromatic rings. The Labute approximate surface area is 92.1 Å². The lowest BCUT2D eigenvalue weighted by molar-refractivity contribution is 0.574. The molecule has 0 spiro atoms. The van der Waals surface area contributed by atoms with Crippen LogP contribution in [0.3, 0.4) is 0 Å². The number of nitrogens with zero attached hydrogens (tertiary/aromatic N) is 1. The van der Waals surface area contributed by atoms with Crippen molar-refractivity contribution in [3.63, 3.8) is 0 Å². The van der Waals surface area contributed by atoms with Crippen LogP contribution in [0.4, 0.5) is 0 Å². The molecule has 0 aliphatic heterocycles. The third-order valence-electron chi connectivity index (χ3n) is 2.30. The summed E-state index contributed by atoms with van der Waals surface area (Å²) < 4.78 is 0. The van der Waals surface area contributed by atoms with Crippen LogP contribution in [-0.4, -0.2) is 24.1 Å². The van der Waals surface area contributed by atoms with Crippen LogP contribution in [0, 0.1) is 0 Å². The number of aromatic nitrogens is 1. The molecule has 0 bridgehead atoms. The lowest BCUT2D eigenvalue weighted by Crippen LogP contribution is -2.22. The highest BCUT2D eigenvalue weighted by Gasteiger charge is 1.95. The normalized spacial score (nSPS) is 12.7. The fraction of sp³-hybridized carbons (Fsp3) is 0.583. The van der Waals surface area contributed by atoms with Crippen molar-refractivity contribution in [3.8, 4) is 0 Å². The van der Waals surface area contributed by atoms with E-state index in [-0.39, 0.29) is 0 Å². The molecule has 1 heterocycles. The Hall–Kier alpha value is -0.930. The number of pyridine rings is 1. The monoisotopic (exact) mass is 207 g/mol. The fourth-order valence-electron chi connectivity index (χ4n) is 1.44. The summed E-state index contributed by atoms with van der Waals surface area (Å²) in [5, 5.41) is 3.39. The van der Waals surface area contributed by atoms with Crippen molar-refractivity contribution in [1.82, 2.24) is 10.3 Å². The molecular weight excluding hydrogens is 186 g/mol. The Morgan fingerprint density at radius 3 is 2.93 bits per heavy atom. The van der Waals surface area contributed by atoms with Crippen molar-refractivity contribution >= 4 is 0 Å². The largest absolute Gasteiger partial charge is 0.328 e. The quantitative estimate of drug-likeness (QED) is 0.663. The smallest absolute Gasteiger partial charge is 0.0416 e. The van der Waals surface area contributed by atoms with Crippen molar-refractivity contribution in [3.05, 3.63) is 30.1 Å². The van der Waals surface area contributed by atoms with Gasteiger partial charge in [0.2, 0.25) is 0 Å². The summed E-state index contributed by atoms with van der Waals surface area (Å²) in [6, 6.07) is 6.35. The van der Waals surface area contributed by atoms with Crippen LogP contribution in [0.25, 0.3) is 0 Å². The van der Waals surface area contributed by atoms with E-state index in [0.29, 0.717) is 6.04 Å². The molecule has 0 fully saturated rings. The minimum Gasteiger partial charge on any atom is -0.328 e. The third kappa shape index (κ3) is 6.20. The van der Waals surface area contributed by atoms with E-state index < -0.39 is 0 Å². The van der Waals surface area contributed by atoms with Gasteiger partial charge in [0.05, 0.1) is 0 Å². The summed E-state index contributed by atoms with van der Waals surface area (Å²) in [4.78, 5) is 4.26. The molecule has 3 N–H and O–H groups in total. The lowest BCUT2D eigenvalue weighted by Gasteiger charge is -2.06. The van der Waals surface area contributed by atoms with E-state index in [1.807, 2.05) is 25.3 Å². The van der Waals surface area contributed by atoms with Gasteiger partial charge in [0.1, 0.15) is 0 Å². The summed E-state index contributed by atoms with van der Waals surface area (Å²) >= 11 is 0. The maximum absolute atomic E-state index is 5.66. The first-order chi connectivity index (χ1) is 7.29. The molecule has 1 aromatic heterocycles. The van der Waals surface area contributed by atoms with Crippen molar-refractivity contribution in [2.24, 2.45) is 5.73 Å². The van der Waals surface area contributed by atoms with E-state index in [9.17, 15) is 0 Å². The minimum absolute atomic E-state index is 0.322. The first kappa shape index (κ1) is 12.1. The fourth-order valence-corrected chi connectivity index (χ4v) is 1.44. The topological polar surface area (TPSA) is 50.9 Å². The van der Waals surface area contributed by atoms with Crippen molar-refractivity contribution in [2.45, 2.75) is 32.2 Å². The van der Waals surface area contributed by atoms with Gasteiger partial charge in [0.15, 0.2) is 0 Å². The summed E-state index contributed by atoms with van der Waals surface area (Å²) in [5.41, 5.74) is 6.81. The maximum Gasteiger partial charge on any atom is 0.0416 e. The molecule has 0 amide bonds. The van der Waals surface area contributed by atoms with Gasteiger partial charge >= 0.3 is 0 Å². The second-order valence-electron chi connectivity index (χ2n) is 3.94. The van der Waals surface area contributed by atoms with Gasteiger partial charge in [-0.2, -0.15) is 0 Å². The lowest BCUT2D eigenvalue weighted by atomic mass is 10.2. The third-order valence-corrected chi connectivity index (χ3v) is 2.30. The first-order valence-corrected chi connectivity index (χ1v) is 5.65. The zero-order chi connectivity index (χ0) is 10.9. The van der Waals surface area contributed by atoms with Gasteiger partial charge < -0.3 is 11.1 Å². The van der Waals surface area contributed by atoms with Crippen molar-refractivity contribution in [2.75, 3.05) is 13.1 Å². The summed E-state index contributed by atoms with van der Waals surface area (Å²) in [5.74, 6) is 0. The van der Waals surface area contributed by atoms with Crippen LogP contribution in [0.15, 0.2) is 24.4 Å². The number of hydrogen-bond acceptors (Lipinski definition) is 3. The average Bonchev–Trinajstić information content (AvgIpc) is 2.24.